The second-order valence-corrected chi connectivity index (χ2v) is 9.40. The van der Waals surface area contributed by atoms with Gasteiger partial charge in [0.25, 0.3) is 0 Å². The van der Waals surface area contributed by atoms with E-state index in [2.05, 4.69) is 51.9 Å². The highest BCUT2D eigenvalue weighted by atomic mass is 16.7. The maximum Gasteiger partial charge on any atom is 0.132 e. The van der Waals surface area contributed by atoms with Crippen molar-refractivity contribution in [3.8, 4) is 0 Å². The lowest BCUT2D eigenvalue weighted by Crippen LogP contribution is -2.29. The summed E-state index contributed by atoms with van der Waals surface area (Å²) in [5.41, 5.74) is -0.591. The molecule has 0 heterocycles. The van der Waals surface area contributed by atoms with Crippen LogP contribution in [0.4, 0.5) is 0 Å². The third-order valence-electron chi connectivity index (χ3n) is 2.81. The smallest absolute Gasteiger partial charge is 0.132 e. The van der Waals surface area contributed by atoms with Crippen LogP contribution in [0.3, 0.4) is 0 Å². The Morgan fingerprint density at radius 2 is 0.864 bits per heavy atom. The van der Waals surface area contributed by atoms with Crippen LogP contribution in [0, 0.1) is 10.8 Å². The molecular weight excluding hydrogens is 276 g/mol. The largest absolute Gasteiger partial charge is 0.390 e. The van der Waals surface area contributed by atoms with Crippen LogP contribution in [-0.4, -0.2) is 23.6 Å². The van der Waals surface area contributed by atoms with Gasteiger partial charge in [-0.05, 0) is 40.5 Å². The molecule has 0 aliphatic heterocycles. The van der Waals surface area contributed by atoms with Crippen LogP contribution in [-0.2, 0) is 9.68 Å². The van der Waals surface area contributed by atoms with Gasteiger partial charge in [-0.3, -0.25) is 0 Å². The molecule has 0 aliphatic rings. The van der Waals surface area contributed by atoms with Crippen molar-refractivity contribution in [2.75, 3.05) is 0 Å². The third kappa shape index (κ3) is 12.7. The topological polar surface area (TPSA) is 43.2 Å². The molecule has 0 saturated heterocycles. The minimum atomic E-state index is -0.323. The molecule has 22 heavy (non-hydrogen) atoms. The quantitative estimate of drug-likeness (QED) is 0.465. The first-order valence-electron chi connectivity index (χ1n) is 8.07. The Morgan fingerprint density at radius 3 is 1.09 bits per heavy atom. The number of nitrogens with zero attached hydrogens (tertiary/aromatic N) is 2. The van der Waals surface area contributed by atoms with Gasteiger partial charge in [-0.15, -0.1) is 0 Å². The standard InChI is InChI=1S/C18H36N2O2/c1-15(2,3)13-19-21-17(7,8)11-12-18(9,10)22-20-14-16(4,5)6/h13-14H,11-12H2,1-10H3/b19-13+,20-14+. The highest BCUT2D eigenvalue weighted by Gasteiger charge is 2.27. The van der Waals surface area contributed by atoms with Crippen molar-refractivity contribution in [1.82, 2.24) is 0 Å². The minimum Gasteiger partial charge on any atom is -0.390 e. The fraction of sp³-hybridized carbons (Fsp3) is 0.889. The molecule has 0 N–H and O–H groups in total. The Kier molecular flexibility index (Phi) is 7.11. The molecule has 0 rings (SSSR count). The molecule has 0 aromatic carbocycles. The average molecular weight is 312 g/mol. The summed E-state index contributed by atoms with van der Waals surface area (Å²) in [5, 5.41) is 8.23. The number of rotatable bonds is 7. The molecule has 0 bridgehead atoms. The van der Waals surface area contributed by atoms with Gasteiger partial charge in [0.1, 0.15) is 11.2 Å². The van der Waals surface area contributed by atoms with Gasteiger partial charge in [0.15, 0.2) is 0 Å². The van der Waals surface area contributed by atoms with E-state index in [-0.39, 0.29) is 22.0 Å². The van der Waals surface area contributed by atoms with Gasteiger partial charge in [0.2, 0.25) is 0 Å². The van der Waals surface area contributed by atoms with Crippen molar-refractivity contribution >= 4 is 12.4 Å². The Morgan fingerprint density at radius 1 is 0.591 bits per heavy atom. The molecular formula is C18H36N2O2. The van der Waals surface area contributed by atoms with Crippen molar-refractivity contribution in [1.29, 1.82) is 0 Å². The van der Waals surface area contributed by atoms with Gasteiger partial charge in [-0.2, -0.15) is 0 Å². The van der Waals surface area contributed by atoms with E-state index in [4.69, 9.17) is 9.68 Å². The molecule has 0 aromatic heterocycles. The first kappa shape index (κ1) is 20.9. The van der Waals surface area contributed by atoms with Crippen LogP contribution < -0.4 is 0 Å². The molecule has 130 valence electrons. The lowest BCUT2D eigenvalue weighted by Gasteiger charge is -2.28. The Balaban J connectivity index is 4.38. The summed E-state index contributed by atoms with van der Waals surface area (Å²) in [7, 11) is 0. The molecule has 0 radical (unpaired) electrons. The molecule has 0 amide bonds. The van der Waals surface area contributed by atoms with Crippen LogP contribution >= 0.6 is 0 Å². The Hall–Kier alpha value is -1.06. The first-order chi connectivity index (χ1) is 9.62. The Bertz CT molecular complexity index is 345. The molecule has 4 heteroatoms. The van der Waals surface area contributed by atoms with Crippen LogP contribution in [0.1, 0.15) is 82.1 Å². The van der Waals surface area contributed by atoms with Crippen LogP contribution in [0.15, 0.2) is 10.3 Å². The molecule has 0 unspecified atom stereocenters. The zero-order valence-corrected chi connectivity index (χ0v) is 16.3. The fourth-order valence-electron chi connectivity index (χ4n) is 1.35. The minimum absolute atomic E-state index is 0.0279. The van der Waals surface area contributed by atoms with Gasteiger partial charge in [-0.25, -0.2) is 0 Å². The van der Waals surface area contributed by atoms with E-state index in [1.807, 2.05) is 40.1 Å². The first-order valence-corrected chi connectivity index (χ1v) is 8.07. The summed E-state index contributed by atoms with van der Waals surface area (Å²) in [6.07, 6.45) is 5.35. The maximum absolute atomic E-state index is 5.64. The van der Waals surface area contributed by atoms with E-state index >= 15 is 0 Å². The second kappa shape index (κ2) is 7.47. The lowest BCUT2D eigenvalue weighted by atomic mass is 9.94. The molecule has 0 aromatic rings. The summed E-state index contributed by atoms with van der Waals surface area (Å²) >= 11 is 0. The van der Waals surface area contributed by atoms with Crippen molar-refractivity contribution < 1.29 is 9.68 Å². The van der Waals surface area contributed by atoms with Crippen molar-refractivity contribution in [2.24, 2.45) is 21.1 Å². The summed E-state index contributed by atoms with van der Waals surface area (Å²) in [5.74, 6) is 0. The predicted octanol–water partition coefficient (Wildman–Crippen LogP) is 5.42. The van der Waals surface area contributed by atoms with E-state index in [0.717, 1.165) is 12.8 Å². The highest BCUT2D eigenvalue weighted by Crippen LogP contribution is 2.25. The van der Waals surface area contributed by atoms with Gasteiger partial charge >= 0.3 is 0 Å². The van der Waals surface area contributed by atoms with E-state index in [0.29, 0.717) is 0 Å². The summed E-state index contributed by atoms with van der Waals surface area (Å²) in [4.78, 5) is 11.3. The van der Waals surface area contributed by atoms with Crippen molar-refractivity contribution in [3.63, 3.8) is 0 Å². The lowest BCUT2D eigenvalue weighted by molar-refractivity contribution is -0.0619. The van der Waals surface area contributed by atoms with Crippen LogP contribution in [0.2, 0.25) is 0 Å². The Labute approximate surface area is 137 Å². The SMILES string of the molecule is CC(C)(C)/C=N/OC(C)(C)CCC(C)(C)O/N=C/C(C)(C)C. The number of oxime groups is 2. The fourth-order valence-corrected chi connectivity index (χ4v) is 1.35. The molecule has 0 saturated carbocycles. The zero-order valence-electron chi connectivity index (χ0n) is 16.3. The summed E-state index contributed by atoms with van der Waals surface area (Å²) in [6, 6.07) is 0. The second-order valence-electron chi connectivity index (χ2n) is 9.40. The number of hydrogen-bond donors (Lipinski definition) is 0. The molecule has 0 aliphatic carbocycles. The van der Waals surface area contributed by atoms with Gasteiger partial charge in [-0.1, -0.05) is 51.9 Å². The van der Waals surface area contributed by atoms with Gasteiger partial charge < -0.3 is 9.68 Å². The zero-order chi connectivity index (χ0) is 17.7. The van der Waals surface area contributed by atoms with Crippen LogP contribution in [0.25, 0.3) is 0 Å². The molecule has 0 spiro atoms. The molecule has 0 atom stereocenters. The van der Waals surface area contributed by atoms with E-state index < -0.39 is 0 Å². The van der Waals surface area contributed by atoms with Crippen molar-refractivity contribution in [3.05, 3.63) is 0 Å². The van der Waals surface area contributed by atoms with E-state index in [1.165, 1.54) is 0 Å². The predicted molar refractivity (Wildman–Crippen MR) is 95.5 cm³/mol. The van der Waals surface area contributed by atoms with E-state index in [1.54, 1.807) is 0 Å². The van der Waals surface area contributed by atoms with Gasteiger partial charge in [0.05, 0.1) is 0 Å². The monoisotopic (exact) mass is 312 g/mol. The third-order valence-corrected chi connectivity index (χ3v) is 2.81. The molecule has 0 fully saturated rings. The maximum atomic E-state index is 5.64. The van der Waals surface area contributed by atoms with Gasteiger partial charge in [0, 0.05) is 23.3 Å². The van der Waals surface area contributed by atoms with Crippen LogP contribution in [0.5, 0.6) is 0 Å². The van der Waals surface area contributed by atoms with Crippen molar-refractivity contribution in [2.45, 2.75) is 93.3 Å². The number of hydrogen-bond acceptors (Lipinski definition) is 4. The average Bonchev–Trinajstić information content (AvgIpc) is 2.22. The summed E-state index contributed by atoms with van der Waals surface area (Å²) in [6.45, 7) is 20.7. The molecule has 4 nitrogen and oxygen atoms in total. The van der Waals surface area contributed by atoms with E-state index in [9.17, 15) is 0 Å². The highest BCUT2D eigenvalue weighted by molar-refractivity contribution is 5.63. The summed E-state index contributed by atoms with van der Waals surface area (Å²) < 4.78 is 0. The normalized spacial score (nSPS) is 14.8.